The summed E-state index contributed by atoms with van der Waals surface area (Å²) in [5.74, 6) is 0.426. The first-order valence-corrected chi connectivity index (χ1v) is 10.3. The fourth-order valence-electron chi connectivity index (χ4n) is 4.08. The second-order valence-electron chi connectivity index (χ2n) is 7.99. The van der Waals surface area contributed by atoms with Crippen molar-refractivity contribution in [3.05, 3.63) is 40.7 Å². The molecule has 9 nitrogen and oxygen atoms in total. The smallest absolute Gasteiger partial charge is 0.273 e. The fourth-order valence-corrected chi connectivity index (χ4v) is 4.08. The minimum absolute atomic E-state index is 0.116. The number of fused-ring (bicyclic) bond motifs is 1. The van der Waals surface area contributed by atoms with E-state index in [1.165, 1.54) is 0 Å². The van der Waals surface area contributed by atoms with E-state index >= 15 is 0 Å². The van der Waals surface area contributed by atoms with Crippen LogP contribution in [0.1, 0.15) is 40.2 Å². The Hall–Kier alpha value is -3.23. The van der Waals surface area contributed by atoms with Gasteiger partial charge in [0, 0.05) is 44.0 Å². The van der Waals surface area contributed by atoms with Crippen molar-refractivity contribution in [1.82, 2.24) is 34.9 Å². The number of piperazine rings is 1. The second kappa shape index (κ2) is 7.89. The molecule has 1 fully saturated rings. The van der Waals surface area contributed by atoms with E-state index in [2.05, 4.69) is 25.1 Å². The average molecular weight is 409 g/mol. The van der Waals surface area contributed by atoms with Crippen LogP contribution in [0.15, 0.2) is 12.3 Å². The summed E-state index contributed by atoms with van der Waals surface area (Å²) in [6.07, 6.45) is 2.43. The van der Waals surface area contributed by atoms with E-state index in [0.29, 0.717) is 49.8 Å². The van der Waals surface area contributed by atoms with Crippen LogP contribution in [0, 0.1) is 26.7 Å². The molecule has 0 aliphatic carbocycles. The molecule has 0 radical (unpaired) electrons. The zero-order valence-corrected chi connectivity index (χ0v) is 17.8. The molecule has 1 unspecified atom stereocenters. The van der Waals surface area contributed by atoms with Crippen LogP contribution in [0.5, 0.6) is 0 Å². The number of nitrogens with zero attached hydrogens (tertiary/aromatic N) is 5. The van der Waals surface area contributed by atoms with Crippen molar-refractivity contribution >= 4 is 22.8 Å². The van der Waals surface area contributed by atoms with Gasteiger partial charge in [0.25, 0.3) is 5.91 Å². The highest BCUT2D eigenvalue weighted by Gasteiger charge is 2.29. The van der Waals surface area contributed by atoms with E-state index in [1.54, 1.807) is 18.0 Å². The number of hydrogen-bond acceptors (Lipinski definition) is 5. The van der Waals surface area contributed by atoms with Gasteiger partial charge in [-0.2, -0.15) is 5.10 Å². The third-order valence-electron chi connectivity index (χ3n) is 5.82. The van der Waals surface area contributed by atoms with Gasteiger partial charge in [0.05, 0.1) is 11.1 Å². The molecule has 9 heteroatoms. The highest BCUT2D eigenvalue weighted by molar-refractivity contribution is 6.03. The monoisotopic (exact) mass is 409 g/mol. The second-order valence-corrected chi connectivity index (χ2v) is 7.99. The molecule has 0 bridgehead atoms. The van der Waals surface area contributed by atoms with Gasteiger partial charge in [0.2, 0.25) is 5.91 Å². The number of aromatic nitrogens is 5. The number of carbonyl (C=O) groups excluding carboxylic acids is 2. The van der Waals surface area contributed by atoms with Gasteiger partial charge in [0.1, 0.15) is 17.2 Å². The number of carbonyl (C=O) groups is 2. The first kappa shape index (κ1) is 20.1. The molecule has 0 spiro atoms. The summed E-state index contributed by atoms with van der Waals surface area (Å²) in [5, 5.41) is 7.92. The molecule has 158 valence electrons. The van der Waals surface area contributed by atoms with Crippen molar-refractivity contribution in [3.8, 4) is 0 Å². The predicted octanol–water partition coefficient (Wildman–Crippen LogP) is 1.77. The van der Waals surface area contributed by atoms with Crippen molar-refractivity contribution < 1.29 is 9.59 Å². The zero-order chi connectivity index (χ0) is 21.4. The van der Waals surface area contributed by atoms with Crippen LogP contribution in [-0.4, -0.2) is 72.9 Å². The van der Waals surface area contributed by atoms with Gasteiger partial charge in [-0.1, -0.05) is 6.92 Å². The molecule has 1 aliphatic rings. The molecular formula is C21H27N7O2. The summed E-state index contributed by atoms with van der Waals surface area (Å²) in [6, 6.07) is 1.82. The highest BCUT2D eigenvalue weighted by Crippen LogP contribution is 2.20. The molecular weight excluding hydrogens is 382 g/mol. The summed E-state index contributed by atoms with van der Waals surface area (Å²) in [6.45, 7) is 9.71. The molecule has 2 N–H and O–H groups in total. The molecule has 3 aromatic rings. The Bertz CT molecular complexity index is 1070. The molecule has 1 atom stereocenters. The van der Waals surface area contributed by atoms with Gasteiger partial charge in [-0.3, -0.25) is 14.7 Å². The van der Waals surface area contributed by atoms with E-state index in [1.807, 2.05) is 31.7 Å². The summed E-state index contributed by atoms with van der Waals surface area (Å²) in [7, 11) is 0. The van der Waals surface area contributed by atoms with Crippen molar-refractivity contribution in [2.75, 3.05) is 26.2 Å². The highest BCUT2D eigenvalue weighted by atomic mass is 16.2. The molecule has 0 aromatic carbocycles. The molecule has 4 rings (SSSR count). The van der Waals surface area contributed by atoms with Crippen LogP contribution in [0.2, 0.25) is 0 Å². The summed E-state index contributed by atoms with van der Waals surface area (Å²) >= 11 is 0. The number of aryl methyl sites for hydroxylation is 3. The minimum atomic E-state index is -0.133. The quantitative estimate of drug-likeness (QED) is 0.682. The number of aromatic amines is 2. The lowest BCUT2D eigenvalue weighted by Gasteiger charge is -2.36. The summed E-state index contributed by atoms with van der Waals surface area (Å²) < 4.78 is 0. The van der Waals surface area contributed by atoms with E-state index in [0.717, 1.165) is 22.3 Å². The number of H-pyrrole nitrogens is 2. The van der Waals surface area contributed by atoms with Crippen LogP contribution in [-0.2, 0) is 11.2 Å². The molecule has 0 saturated carbocycles. The lowest BCUT2D eigenvalue weighted by atomic mass is 9.98. The average Bonchev–Trinajstić information content (AvgIpc) is 3.33. The number of hydrogen-bond donors (Lipinski definition) is 2. The maximum atomic E-state index is 13.1. The van der Waals surface area contributed by atoms with Crippen molar-refractivity contribution in [3.63, 3.8) is 0 Å². The molecule has 30 heavy (non-hydrogen) atoms. The standard InChI is InChI=1S/C21H27N7O2/c1-12(11-17-13(2)25-26-14(17)3)20(29)27-7-9-28(10-8-27)21(30)18-16-5-6-22-19(16)24-15(4)23-18/h5-6,12H,7-11H2,1-4H3,(H,25,26)(H,22,23,24). The van der Waals surface area contributed by atoms with Crippen LogP contribution < -0.4 is 0 Å². The first-order chi connectivity index (χ1) is 14.3. The fraction of sp³-hybridized carbons (Fsp3) is 0.476. The lowest BCUT2D eigenvalue weighted by Crippen LogP contribution is -2.52. The van der Waals surface area contributed by atoms with Crippen molar-refractivity contribution in [1.29, 1.82) is 0 Å². The number of amides is 2. The predicted molar refractivity (Wildman–Crippen MR) is 112 cm³/mol. The Kier molecular flexibility index (Phi) is 5.27. The van der Waals surface area contributed by atoms with Gasteiger partial charge in [-0.25, -0.2) is 9.97 Å². The Labute approximate surface area is 174 Å². The van der Waals surface area contributed by atoms with Crippen LogP contribution in [0.25, 0.3) is 11.0 Å². The molecule has 3 aromatic heterocycles. The molecule has 2 amide bonds. The minimum Gasteiger partial charge on any atom is -0.346 e. The van der Waals surface area contributed by atoms with Crippen molar-refractivity contribution in [2.24, 2.45) is 5.92 Å². The van der Waals surface area contributed by atoms with Crippen molar-refractivity contribution in [2.45, 2.75) is 34.1 Å². The molecule has 4 heterocycles. The first-order valence-electron chi connectivity index (χ1n) is 10.3. The summed E-state index contributed by atoms with van der Waals surface area (Å²) in [4.78, 5) is 41.4. The largest absolute Gasteiger partial charge is 0.346 e. The Balaban J connectivity index is 1.40. The summed E-state index contributed by atoms with van der Waals surface area (Å²) in [5.41, 5.74) is 4.15. The molecule has 1 saturated heterocycles. The Morgan fingerprint density at radius 1 is 1.10 bits per heavy atom. The molecule has 1 aliphatic heterocycles. The van der Waals surface area contributed by atoms with E-state index < -0.39 is 0 Å². The number of rotatable bonds is 4. The zero-order valence-electron chi connectivity index (χ0n) is 17.8. The van der Waals surface area contributed by atoms with E-state index in [9.17, 15) is 9.59 Å². The Morgan fingerprint density at radius 2 is 1.80 bits per heavy atom. The SMILES string of the molecule is Cc1nc(C(=O)N2CCN(C(=O)C(C)Cc3c(C)n[nH]c3C)CC2)c2cc[nH]c2n1. The third-order valence-corrected chi connectivity index (χ3v) is 5.82. The maximum absolute atomic E-state index is 13.1. The topological polar surface area (TPSA) is 111 Å². The van der Waals surface area contributed by atoms with Crippen LogP contribution in [0.4, 0.5) is 0 Å². The van der Waals surface area contributed by atoms with Gasteiger partial charge < -0.3 is 14.8 Å². The van der Waals surface area contributed by atoms with Crippen LogP contribution in [0.3, 0.4) is 0 Å². The van der Waals surface area contributed by atoms with Gasteiger partial charge in [-0.15, -0.1) is 0 Å². The van der Waals surface area contributed by atoms with E-state index in [-0.39, 0.29) is 17.7 Å². The Morgan fingerprint density at radius 3 is 2.47 bits per heavy atom. The number of nitrogens with one attached hydrogen (secondary N) is 2. The van der Waals surface area contributed by atoms with E-state index in [4.69, 9.17) is 0 Å². The lowest BCUT2D eigenvalue weighted by molar-refractivity contribution is -0.136. The normalized spacial score (nSPS) is 15.6. The van der Waals surface area contributed by atoms with Gasteiger partial charge in [0.15, 0.2) is 0 Å². The van der Waals surface area contributed by atoms with Gasteiger partial charge >= 0.3 is 0 Å². The van der Waals surface area contributed by atoms with Gasteiger partial charge in [-0.05, 0) is 38.8 Å². The van der Waals surface area contributed by atoms with Crippen LogP contribution >= 0.6 is 0 Å². The third kappa shape index (κ3) is 3.67. The maximum Gasteiger partial charge on any atom is 0.273 e.